The fourth-order valence-corrected chi connectivity index (χ4v) is 4.12. The van der Waals surface area contributed by atoms with E-state index in [9.17, 15) is 18.8 Å². The van der Waals surface area contributed by atoms with Crippen LogP contribution in [-0.4, -0.2) is 53.8 Å². The summed E-state index contributed by atoms with van der Waals surface area (Å²) in [7, 11) is 1.00. The van der Waals surface area contributed by atoms with Gasteiger partial charge in [0.1, 0.15) is 18.1 Å². The van der Waals surface area contributed by atoms with Crippen LogP contribution >= 0.6 is 0 Å². The number of nitrogens with one attached hydrogen (secondary N) is 1. The molecule has 4 N–H and O–H groups in total. The number of halogens is 1. The Bertz CT molecular complexity index is 1260. The molecule has 1 aromatic carbocycles. The number of benzene rings is 1. The first-order chi connectivity index (χ1) is 16.9. The number of nitrogens with two attached hydrogens (primary N) is 1. The number of pyridine rings is 2. The van der Waals surface area contributed by atoms with Gasteiger partial charge in [0.15, 0.2) is 23.3 Å². The Hall–Kier alpha value is -3.99. The standard InChI is InChI=1S/C17H17FN2O3.C6H7N3O.CH4O/c1-10-9-23-17-14-12(16(22)11(8-21)7-20(10)14)6-13(18)15(17)19-4-2-3-5-19;7-6(10)9-5-3-1-2-4-8-5;1-2/h6-8,10H,2-5,9H2,1H3;1-4H,(H3,7,8,9,10);2H,1H3/t10-;;/m0../s1. The third kappa shape index (κ3) is 5.40. The van der Waals surface area contributed by atoms with E-state index in [1.54, 1.807) is 30.6 Å². The van der Waals surface area contributed by atoms with Gasteiger partial charge in [-0.3, -0.25) is 14.9 Å². The lowest BCUT2D eigenvalue weighted by Crippen LogP contribution is -2.28. The lowest BCUT2D eigenvalue weighted by atomic mass is 10.1. The molecule has 1 saturated heterocycles. The highest BCUT2D eigenvalue weighted by molar-refractivity contribution is 5.94. The number of rotatable bonds is 3. The molecule has 2 aromatic heterocycles. The normalized spacial score (nSPS) is 15.8. The zero-order valence-corrected chi connectivity index (χ0v) is 19.5. The largest absolute Gasteiger partial charge is 0.487 e. The number of nitrogens with zero attached hydrogens (tertiary/aromatic N) is 3. The first-order valence-corrected chi connectivity index (χ1v) is 11.1. The van der Waals surface area contributed by atoms with E-state index < -0.39 is 17.3 Å². The number of aliphatic hydroxyl groups excluding tert-OH is 1. The van der Waals surface area contributed by atoms with E-state index in [0.29, 0.717) is 35.7 Å². The number of hydrogen-bond acceptors (Lipinski definition) is 7. The summed E-state index contributed by atoms with van der Waals surface area (Å²) in [5, 5.41) is 9.54. The minimum absolute atomic E-state index is 0.0267. The first kappa shape index (κ1) is 25.6. The van der Waals surface area contributed by atoms with E-state index in [1.165, 1.54) is 6.07 Å². The summed E-state index contributed by atoms with van der Waals surface area (Å²) in [6.45, 7) is 3.89. The Morgan fingerprint density at radius 1 is 1.31 bits per heavy atom. The molecule has 1 atom stereocenters. The molecule has 186 valence electrons. The number of ether oxygens (including phenoxy) is 1. The molecule has 11 heteroatoms. The van der Waals surface area contributed by atoms with Crippen molar-refractivity contribution in [3.05, 3.63) is 58.3 Å². The van der Waals surface area contributed by atoms with Crippen LogP contribution in [0.15, 0.2) is 41.5 Å². The SMILES string of the molecule is CO.C[C@H]1COc2c(N3CCCC3)c(F)cc3c(=O)c(C=O)cn1c23.NC(=O)Nc1ccccn1. The average molecular weight is 486 g/mol. The topological polar surface area (TPSA) is 140 Å². The van der Waals surface area contributed by atoms with Crippen LogP contribution in [-0.2, 0) is 0 Å². The Balaban J connectivity index is 0.000000240. The maximum absolute atomic E-state index is 14.7. The zero-order valence-electron chi connectivity index (χ0n) is 19.5. The molecule has 0 radical (unpaired) electrons. The minimum atomic E-state index is -0.598. The molecule has 5 rings (SSSR count). The number of hydrogen-bond donors (Lipinski definition) is 3. The monoisotopic (exact) mass is 485 g/mol. The molecule has 0 spiro atoms. The minimum Gasteiger partial charge on any atom is -0.487 e. The zero-order chi connectivity index (χ0) is 25.5. The van der Waals surface area contributed by atoms with Crippen molar-refractivity contribution in [2.24, 2.45) is 5.73 Å². The van der Waals surface area contributed by atoms with Crippen molar-refractivity contribution in [3.63, 3.8) is 0 Å². The number of urea groups is 1. The van der Waals surface area contributed by atoms with Gasteiger partial charge in [-0.05, 0) is 38.0 Å². The summed E-state index contributed by atoms with van der Waals surface area (Å²) in [6, 6.07) is 5.80. The van der Waals surface area contributed by atoms with E-state index in [2.05, 4.69) is 10.3 Å². The van der Waals surface area contributed by atoms with Gasteiger partial charge >= 0.3 is 6.03 Å². The molecule has 0 unspecified atom stereocenters. The van der Waals surface area contributed by atoms with Gasteiger partial charge in [0.2, 0.25) is 0 Å². The second kappa shape index (κ2) is 11.4. The molecule has 10 nitrogen and oxygen atoms in total. The second-order valence-corrected chi connectivity index (χ2v) is 7.93. The van der Waals surface area contributed by atoms with Gasteiger partial charge in [0, 0.05) is 32.6 Å². The molecule has 1 fully saturated rings. The highest BCUT2D eigenvalue weighted by atomic mass is 19.1. The molecular weight excluding hydrogens is 457 g/mol. The van der Waals surface area contributed by atoms with Crippen LogP contribution in [0, 0.1) is 5.82 Å². The molecule has 35 heavy (non-hydrogen) atoms. The molecule has 4 heterocycles. The van der Waals surface area contributed by atoms with Gasteiger partial charge in [-0.2, -0.15) is 0 Å². The number of aliphatic hydroxyl groups is 1. The summed E-state index contributed by atoms with van der Waals surface area (Å²) in [5.41, 5.74) is 5.46. The molecule has 0 bridgehead atoms. The fourth-order valence-electron chi connectivity index (χ4n) is 4.12. The van der Waals surface area contributed by atoms with Gasteiger partial charge in [-0.15, -0.1) is 0 Å². The highest BCUT2D eigenvalue weighted by Gasteiger charge is 2.29. The van der Waals surface area contributed by atoms with Gasteiger partial charge in [0.25, 0.3) is 0 Å². The van der Waals surface area contributed by atoms with Crippen LogP contribution < -0.4 is 26.1 Å². The summed E-state index contributed by atoms with van der Waals surface area (Å²) in [4.78, 5) is 39.6. The maximum Gasteiger partial charge on any atom is 0.317 e. The molecule has 0 saturated carbocycles. The van der Waals surface area contributed by atoms with Crippen LogP contribution in [0.2, 0.25) is 0 Å². The highest BCUT2D eigenvalue weighted by Crippen LogP contribution is 2.42. The van der Waals surface area contributed by atoms with Crippen LogP contribution in [0.5, 0.6) is 5.75 Å². The molecule has 2 aliphatic rings. The third-order valence-corrected chi connectivity index (χ3v) is 5.63. The second-order valence-electron chi connectivity index (χ2n) is 7.93. The number of anilines is 2. The van der Waals surface area contributed by atoms with Crippen molar-refractivity contribution in [2.45, 2.75) is 25.8 Å². The molecule has 2 amide bonds. The summed E-state index contributed by atoms with van der Waals surface area (Å²) >= 11 is 0. The Labute approximate surface area is 201 Å². The Morgan fingerprint density at radius 2 is 2.03 bits per heavy atom. The van der Waals surface area contributed by atoms with E-state index in [-0.39, 0.29) is 17.0 Å². The van der Waals surface area contributed by atoms with Gasteiger partial charge in [-0.25, -0.2) is 14.2 Å². The van der Waals surface area contributed by atoms with Crippen molar-refractivity contribution in [1.29, 1.82) is 0 Å². The predicted octanol–water partition coefficient (Wildman–Crippen LogP) is 2.69. The van der Waals surface area contributed by atoms with E-state index in [1.807, 2.05) is 16.4 Å². The van der Waals surface area contributed by atoms with E-state index in [4.69, 9.17) is 15.6 Å². The van der Waals surface area contributed by atoms with Crippen molar-refractivity contribution >= 4 is 34.7 Å². The van der Waals surface area contributed by atoms with E-state index >= 15 is 0 Å². The van der Waals surface area contributed by atoms with Gasteiger partial charge in [-0.1, -0.05) is 6.07 Å². The number of carbonyl (C=O) groups excluding carboxylic acids is 2. The van der Waals surface area contributed by atoms with Gasteiger partial charge < -0.3 is 25.0 Å². The first-order valence-electron chi connectivity index (χ1n) is 11.1. The quantitative estimate of drug-likeness (QED) is 0.485. The van der Waals surface area contributed by atoms with Crippen molar-refractivity contribution in [3.8, 4) is 5.75 Å². The van der Waals surface area contributed by atoms with Crippen LogP contribution in [0.1, 0.15) is 36.2 Å². The average Bonchev–Trinajstić information content (AvgIpc) is 3.39. The molecule has 3 aromatic rings. The Kier molecular flexibility index (Phi) is 8.37. The van der Waals surface area contributed by atoms with Crippen LogP contribution in [0.3, 0.4) is 0 Å². The van der Waals surface area contributed by atoms with Crippen molar-refractivity contribution in [2.75, 3.05) is 37.0 Å². The number of amides is 2. The Morgan fingerprint density at radius 3 is 2.63 bits per heavy atom. The van der Waals surface area contributed by atoms with Crippen molar-refractivity contribution in [1.82, 2.24) is 9.55 Å². The summed E-state index contributed by atoms with van der Waals surface area (Å²) < 4.78 is 22.4. The van der Waals surface area contributed by atoms with Crippen molar-refractivity contribution < 1.29 is 23.8 Å². The molecule has 0 aliphatic carbocycles. The lowest BCUT2D eigenvalue weighted by molar-refractivity contribution is 0.112. The molecule has 2 aliphatic heterocycles. The predicted molar refractivity (Wildman–Crippen MR) is 131 cm³/mol. The van der Waals surface area contributed by atoms with Gasteiger partial charge in [0.05, 0.1) is 22.5 Å². The summed E-state index contributed by atoms with van der Waals surface area (Å²) in [5.74, 6) is 0.431. The molecular formula is C24H28FN5O5. The number of carbonyl (C=O) groups is 2. The van der Waals surface area contributed by atoms with Crippen LogP contribution in [0.4, 0.5) is 20.7 Å². The number of aromatic nitrogens is 2. The maximum atomic E-state index is 14.7. The number of primary amides is 1. The smallest absolute Gasteiger partial charge is 0.317 e. The van der Waals surface area contributed by atoms with Crippen LogP contribution in [0.25, 0.3) is 10.9 Å². The van der Waals surface area contributed by atoms with E-state index in [0.717, 1.165) is 33.0 Å². The number of aldehydes is 1. The lowest BCUT2D eigenvalue weighted by Gasteiger charge is -2.31. The summed E-state index contributed by atoms with van der Waals surface area (Å²) in [6.07, 6.45) is 5.69. The third-order valence-electron chi connectivity index (χ3n) is 5.63. The fraction of sp³-hybridized carbons (Fsp3) is 0.333.